The summed E-state index contributed by atoms with van der Waals surface area (Å²) < 4.78 is 0. The van der Waals surface area contributed by atoms with E-state index in [1.807, 2.05) is 26.1 Å². The predicted octanol–water partition coefficient (Wildman–Crippen LogP) is 2.89. The van der Waals surface area contributed by atoms with Crippen molar-refractivity contribution < 1.29 is 4.79 Å². The van der Waals surface area contributed by atoms with Gasteiger partial charge in [0.15, 0.2) is 0 Å². The molecule has 0 saturated heterocycles. The quantitative estimate of drug-likeness (QED) is 0.832. The van der Waals surface area contributed by atoms with Gasteiger partial charge in [0.25, 0.3) is 5.91 Å². The van der Waals surface area contributed by atoms with E-state index >= 15 is 0 Å². The Morgan fingerprint density at radius 1 is 1.40 bits per heavy atom. The van der Waals surface area contributed by atoms with Crippen molar-refractivity contribution in [3.63, 3.8) is 0 Å². The zero-order valence-electron chi connectivity index (χ0n) is 13.4. The molecular formula is C16H27N3O. The fraction of sp³-hybridized carbons (Fsp3) is 0.562. The van der Waals surface area contributed by atoms with Crippen LogP contribution in [0.15, 0.2) is 18.2 Å². The Kier molecular flexibility index (Phi) is 5.03. The normalized spacial score (nSPS) is 12.9. The maximum Gasteiger partial charge on any atom is 0.251 e. The lowest BCUT2D eigenvalue weighted by Gasteiger charge is -2.37. The maximum atomic E-state index is 11.8. The molecule has 3 N–H and O–H groups in total. The van der Waals surface area contributed by atoms with Crippen LogP contribution in [0.5, 0.6) is 0 Å². The molecule has 0 bridgehead atoms. The Morgan fingerprint density at radius 3 is 2.45 bits per heavy atom. The topological polar surface area (TPSA) is 58.4 Å². The molecule has 0 aliphatic rings. The number of hydrogen-bond donors (Lipinski definition) is 2. The number of carbonyl (C=O) groups is 1. The summed E-state index contributed by atoms with van der Waals surface area (Å²) in [6.45, 7) is 11.3. The lowest BCUT2D eigenvalue weighted by Crippen LogP contribution is -2.39. The number of nitrogens with one attached hydrogen (secondary N) is 1. The molecule has 1 unspecified atom stereocenters. The van der Waals surface area contributed by atoms with Crippen LogP contribution in [-0.2, 0) is 0 Å². The lowest BCUT2D eigenvalue weighted by molar-refractivity contribution is 0.0956. The summed E-state index contributed by atoms with van der Waals surface area (Å²) in [7, 11) is 2.04. The summed E-state index contributed by atoms with van der Waals surface area (Å²) in [4.78, 5) is 14.0. The van der Waals surface area contributed by atoms with Gasteiger partial charge in [0, 0.05) is 25.2 Å². The first-order valence-corrected chi connectivity index (χ1v) is 7.09. The second kappa shape index (κ2) is 6.16. The molecule has 4 heteroatoms. The molecule has 0 saturated carbocycles. The van der Waals surface area contributed by atoms with Gasteiger partial charge in [-0.05, 0) is 37.5 Å². The van der Waals surface area contributed by atoms with E-state index in [0.717, 1.165) is 5.69 Å². The lowest BCUT2D eigenvalue weighted by atomic mass is 9.87. The van der Waals surface area contributed by atoms with E-state index < -0.39 is 0 Å². The number of nitrogens with zero attached hydrogens (tertiary/aromatic N) is 1. The van der Waals surface area contributed by atoms with Gasteiger partial charge in [0.1, 0.15) is 0 Å². The number of nitrogens with two attached hydrogens (primary N) is 1. The fourth-order valence-corrected chi connectivity index (χ4v) is 2.07. The van der Waals surface area contributed by atoms with Crippen LogP contribution in [0.25, 0.3) is 0 Å². The van der Waals surface area contributed by atoms with E-state index in [4.69, 9.17) is 5.73 Å². The molecule has 0 aliphatic heterocycles. The van der Waals surface area contributed by atoms with Crippen molar-refractivity contribution >= 4 is 17.3 Å². The van der Waals surface area contributed by atoms with E-state index in [1.54, 1.807) is 6.07 Å². The average molecular weight is 277 g/mol. The van der Waals surface area contributed by atoms with Crippen molar-refractivity contribution in [2.45, 2.75) is 40.7 Å². The second-order valence-electron chi connectivity index (χ2n) is 6.29. The monoisotopic (exact) mass is 277 g/mol. The number of rotatable bonds is 4. The number of nitrogen functional groups attached to an aromatic ring is 1. The van der Waals surface area contributed by atoms with Gasteiger partial charge < -0.3 is 16.0 Å². The number of amides is 1. The minimum Gasteiger partial charge on any atom is -0.397 e. The van der Waals surface area contributed by atoms with E-state index in [0.29, 0.717) is 23.8 Å². The highest BCUT2D eigenvalue weighted by Crippen LogP contribution is 2.31. The molecule has 4 nitrogen and oxygen atoms in total. The number of anilines is 2. The maximum absolute atomic E-state index is 11.8. The first kappa shape index (κ1) is 16.3. The molecule has 112 valence electrons. The molecule has 0 spiro atoms. The molecule has 20 heavy (non-hydrogen) atoms. The summed E-state index contributed by atoms with van der Waals surface area (Å²) in [5.41, 5.74) is 8.46. The van der Waals surface area contributed by atoms with Gasteiger partial charge in [0.05, 0.1) is 11.4 Å². The molecule has 0 aliphatic carbocycles. The third-order valence-electron chi connectivity index (χ3n) is 3.84. The SMILES string of the molecule is CCNC(=O)c1ccc(N(C)C(C)C(C)(C)C)c(N)c1. The minimum atomic E-state index is -0.0859. The summed E-state index contributed by atoms with van der Waals surface area (Å²) in [5, 5.41) is 2.78. The van der Waals surface area contributed by atoms with Crippen molar-refractivity contribution in [1.82, 2.24) is 5.32 Å². The molecule has 0 heterocycles. The predicted molar refractivity (Wildman–Crippen MR) is 86.2 cm³/mol. The van der Waals surface area contributed by atoms with Crippen LogP contribution in [0.4, 0.5) is 11.4 Å². The van der Waals surface area contributed by atoms with Gasteiger partial charge in [-0.3, -0.25) is 4.79 Å². The van der Waals surface area contributed by atoms with Gasteiger partial charge in [0.2, 0.25) is 0 Å². The summed E-state index contributed by atoms with van der Waals surface area (Å²) >= 11 is 0. The van der Waals surface area contributed by atoms with Gasteiger partial charge in [-0.1, -0.05) is 20.8 Å². The van der Waals surface area contributed by atoms with E-state index in [9.17, 15) is 4.79 Å². The Bertz CT molecular complexity index is 477. The Hall–Kier alpha value is -1.71. The molecule has 1 aromatic rings. The largest absolute Gasteiger partial charge is 0.397 e. The van der Waals surface area contributed by atoms with E-state index in [2.05, 4.69) is 37.9 Å². The number of benzene rings is 1. The van der Waals surface area contributed by atoms with Crippen LogP contribution in [0, 0.1) is 5.41 Å². The van der Waals surface area contributed by atoms with Gasteiger partial charge in [-0.2, -0.15) is 0 Å². The number of hydrogen-bond acceptors (Lipinski definition) is 3. The highest BCUT2D eigenvalue weighted by Gasteiger charge is 2.25. The fourth-order valence-electron chi connectivity index (χ4n) is 2.07. The zero-order valence-corrected chi connectivity index (χ0v) is 13.4. The average Bonchev–Trinajstić information content (AvgIpc) is 2.36. The zero-order chi connectivity index (χ0) is 15.5. The summed E-state index contributed by atoms with van der Waals surface area (Å²) in [6, 6.07) is 5.82. The van der Waals surface area contributed by atoms with Crippen LogP contribution >= 0.6 is 0 Å². The first-order valence-electron chi connectivity index (χ1n) is 7.09. The van der Waals surface area contributed by atoms with Crippen LogP contribution in [0.2, 0.25) is 0 Å². The highest BCUT2D eigenvalue weighted by atomic mass is 16.1. The summed E-state index contributed by atoms with van der Waals surface area (Å²) in [6.07, 6.45) is 0. The Balaban J connectivity index is 3.02. The van der Waals surface area contributed by atoms with Crippen LogP contribution in [0.3, 0.4) is 0 Å². The van der Waals surface area contributed by atoms with Gasteiger partial charge in [-0.15, -0.1) is 0 Å². The van der Waals surface area contributed by atoms with Crippen molar-refractivity contribution in [3.05, 3.63) is 23.8 Å². The number of carbonyl (C=O) groups excluding carboxylic acids is 1. The highest BCUT2D eigenvalue weighted by molar-refractivity contribution is 5.96. The third kappa shape index (κ3) is 3.65. The van der Waals surface area contributed by atoms with Crippen LogP contribution in [-0.4, -0.2) is 25.5 Å². The van der Waals surface area contributed by atoms with Gasteiger partial charge >= 0.3 is 0 Å². The second-order valence-corrected chi connectivity index (χ2v) is 6.29. The minimum absolute atomic E-state index is 0.0859. The Morgan fingerprint density at radius 2 is 2.00 bits per heavy atom. The van der Waals surface area contributed by atoms with Crippen LogP contribution < -0.4 is 16.0 Å². The van der Waals surface area contributed by atoms with E-state index in [1.165, 1.54) is 0 Å². The van der Waals surface area contributed by atoms with Gasteiger partial charge in [-0.25, -0.2) is 0 Å². The van der Waals surface area contributed by atoms with Crippen molar-refractivity contribution in [2.24, 2.45) is 5.41 Å². The van der Waals surface area contributed by atoms with Crippen molar-refractivity contribution in [1.29, 1.82) is 0 Å². The third-order valence-corrected chi connectivity index (χ3v) is 3.84. The molecule has 0 radical (unpaired) electrons. The molecule has 0 aromatic heterocycles. The molecule has 1 atom stereocenters. The van der Waals surface area contributed by atoms with Crippen molar-refractivity contribution in [2.75, 3.05) is 24.2 Å². The first-order chi connectivity index (χ1) is 9.18. The summed E-state index contributed by atoms with van der Waals surface area (Å²) in [5.74, 6) is -0.0859. The molecule has 1 rings (SSSR count). The molecule has 0 fully saturated rings. The standard InChI is InChI=1S/C16H27N3O/c1-7-18-15(20)12-8-9-14(13(17)10-12)19(6)11(2)16(3,4)5/h8-11H,7,17H2,1-6H3,(H,18,20). The van der Waals surface area contributed by atoms with Crippen molar-refractivity contribution in [3.8, 4) is 0 Å². The smallest absolute Gasteiger partial charge is 0.251 e. The Labute approximate surface area is 122 Å². The van der Waals surface area contributed by atoms with Crippen LogP contribution in [0.1, 0.15) is 45.0 Å². The molecule has 1 aromatic carbocycles. The van der Waals surface area contributed by atoms with E-state index in [-0.39, 0.29) is 11.3 Å². The molecule has 1 amide bonds. The molecular weight excluding hydrogens is 250 g/mol.